The highest BCUT2D eigenvalue weighted by Crippen LogP contribution is 2.20. The predicted molar refractivity (Wildman–Crippen MR) is 91.8 cm³/mol. The van der Waals surface area contributed by atoms with Gasteiger partial charge in [-0.1, -0.05) is 45.1 Å². The summed E-state index contributed by atoms with van der Waals surface area (Å²) >= 11 is 0. The number of hydrogen-bond acceptors (Lipinski definition) is 4. The molecule has 7 heteroatoms. The third-order valence-corrected chi connectivity index (χ3v) is 6.16. The van der Waals surface area contributed by atoms with Crippen LogP contribution in [0.4, 0.5) is 0 Å². The van der Waals surface area contributed by atoms with Crippen molar-refractivity contribution in [3.05, 3.63) is 10.4 Å². The van der Waals surface area contributed by atoms with Gasteiger partial charge in [0.1, 0.15) is 0 Å². The van der Waals surface area contributed by atoms with E-state index in [0.717, 1.165) is 51.0 Å². The molecule has 0 aliphatic rings. The molecule has 0 saturated carbocycles. The highest BCUT2D eigenvalue weighted by molar-refractivity contribution is 6.60. The van der Waals surface area contributed by atoms with Crippen LogP contribution in [0.5, 0.6) is 0 Å². The van der Waals surface area contributed by atoms with E-state index in [4.69, 9.17) is 18.8 Å². The fourth-order valence-corrected chi connectivity index (χ4v) is 4.51. The topological polar surface area (TPSA) is 76.5 Å². The molecule has 0 bridgehead atoms. The first-order valence-corrected chi connectivity index (χ1v) is 10.6. The Balaban J connectivity index is 4.63. The van der Waals surface area contributed by atoms with Crippen molar-refractivity contribution in [3.8, 4) is 0 Å². The first kappa shape index (κ1) is 21.4. The lowest BCUT2D eigenvalue weighted by atomic mass is 10.4. The van der Waals surface area contributed by atoms with Crippen LogP contribution in [0, 0.1) is 0 Å². The van der Waals surface area contributed by atoms with E-state index < -0.39 is 8.80 Å². The Labute approximate surface area is 136 Å². The Kier molecular flexibility index (Phi) is 14.9. The smallest absolute Gasteiger partial charge is 0.373 e. The molecule has 0 aromatic carbocycles. The lowest BCUT2D eigenvalue weighted by Gasteiger charge is -2.30. The average Bonchev–Trinajstić information content (AvgIpc) is 2.52. The predicted octanol–water partition coefficient (Wildman–Crippen LogP) is 5.08. The summed E-state index contributed by atoms with van der Waals surface area (Å²) in [6, 6.07) is 0.725. The van der Waals surface area contributed by atoms with Crippen LogP contribution in [0.2, 0.25) is 6.04 Å². The van der Waals surface area contributed by atoms with Gasteiger partial charge >= 0.3 is 8.80 Å². The highest BCUT2D eigenvalue weighted by Gasteiger charge is 2.40. The molecule has 0 unspecified atom stereocenters. The Bertz CT molecular complexity index is 273. The molecule has 0 heterocycles. The van der Waals surface area contributed by atoms with Gasteiger partial charge in [-0.15, -0.1) is 0 Å². The van der Waals surface area contributed by atoms with Gasteiger partial charge in [0.15, 0.2) is 0 Å². The van der Waals surface area contributed by atoms with Crippen molar-refractivity contribution in [3.63, 3.8) is 0 Å². The van der Waals surface area contributed by atoms with Crippen LogP contribution in [0.3, 0.4) is 0 Å². The molecule has 0 spiro atoms. The maximum absolute atomic E-state index is 8.39. The van der Waals surface area contributed by atoms with E-state index in [0.29, 0.717) is 26.4 Å². The molecular weight excluding hydrogens is 298 g/mol. The summed E-state index contributed by atoms with van der Waals surface area (Å²) < 4.78 is 18.3. The zero-order valence-electron chi connectivity index (χ0n) is 14.6. The van der Waals surface area contributed by atoms with Crippen LogP contribution in [-0.4, -0.2) is 35.2 Å². The summed E-state index contributed by atoms with van der Waals surface area (Å²) in [5.41, 5.74) is 8.39. The molecule has 0 aliphatic heterocycles. The first-order chi connectivity index (χ1) is 10.7. The molecule has 130 valence electrons. The molecular formula is C15H33N3O3Si. The molecule has 0 rings (SSSR count). The molecule has 0 aliphatic carbocycles. The van der Waals surface area contributed by atoms with Crippen molar-refractivity contribution < 1.29 is 13.3 Å². The molecule has 0 saturated heterocycles. The van der Waals surface area contributed by atoms with E-state index >= 15 is 0 Å². The summed E-state index contributed by atoms with van der Waals surface area (Å²) in [6.45, 7) is 8.95. The van der Waals surface area contributed by atoms with Gasteiger partial charge in [-0.3, -0.25) is 0 Å². The van der Waals surface area contributed by atoms with Crippen LogP contribution in [0.25, 0.3) is 10.4 Å². The normalized spacial score (nSPS) is 11.4. The first-order valence-electron chi connectivity index (χ1n) is 8.67. The maximum Gasteiger partial charge on any atom is 0.500 e. The Morgan fingerprint density at radius 2 is 1.27 bits per heavy atom. The molecule has 0 aromatic heterocycles. The number of nitrogens with zero attached hydrogens (tertiary/aromatic N) is 3. The molecule has 0 atom stereocenters. The lowest BCUT2D eigenvalue weighted by Crippen LogP contribution is -2.46. The summed E-state index contributed by atoms with van der Waals surface area (Å²) in [6.07, 6.45) is 7.06. The van der Waals surface area contributed by atoms with E-state index in [9.17, 15) is 0 Å². The van der Waals surface area contributed by atoms with Gasteiger partial charge in [-0.25, -0.2) is 0 Å². The third-order valence-electron chi connectivity index (χ3n) is 3.26. The molecule has 0 fully saturated rings. The number of unbranched alkanes of at least 4 members (excludes halogenated alkanes) is 3. The minimum Gasteiger partial charge on any atom is -0.373 e. The molecule has 0 aromatic rings. The van der Waals surface area contributed by atoms with Crippen molar-refractivity contribution in [2.75, 3.05) is 26.4 Å². The fraction of sp³-hybridized carbons (Fsp3) is 1.00. The van der Waals surface area contributed by atoms with Crippen LogP contribution in [0.15, 0.2) is 5.11 Å². The van der Waals surface area contributed by atoms with E-state index in [2.05, 4.69) is 30.8 Å². The van der Waals surface area contributed by atoms with Crippen molar-refractivity contribution in [1.82, 2.24) is 0 Å². The van der Waals surface area contributed by atoms with Gasteiger partial charge in [0.25, 0.3) is 0 Å². The van der Waals surface area contributed by atoms with Crippen LogP contribution < -0.4 is 0 Å². The Hall–Kier alpha value is -0.593. The summed E-state index contributed by atoms with van der Waals surface area (Å²) in [5, 5.41) is 3.60. The molecule has 0 amide bonds. The molecule has 22 heavy (non-hydrogen) atoms. The van der Waals surface area contributed by atoms with Gasteiger partial charge < -0.3 is 13.3 Å². The van der Waals surface area contributed by atoms with Crippen LogP contribution >= 0.6 is 0 Å². The monoisotopic (exact) mass is 331 g/mol. The fourth-order valence-electron chi connectivity index (χ4n) is 1.87. The average molecular weight is 332 g/mol. The van der Waals surface area contributed by atoms with Gasteiger partial charge in [0, 0.05) is 37.3 Å². The van der Waals surface area contributed by atoms with E-state index in [-0.39, 0.29) is 0 Å². The van der Waals surface area contributed by atoms with Gasteiger partial charge in [0.05, 0.1) is 0 Å². The van der Waals surface area contributed by atoms with Gasteiger partial charge in [-0.2, -0.15) is 0 Å². The Morgan fingerprint density at radius 3 is 1.64 bits per heavy atom. The zero-order chi connectivity index (χ0) is 16.5. The molecule has 6 nitrogen and oxygen atoms in total. The van der Waals surface area contributed by atoms with Crippen molar-refractivity contribution in [1.29, 1.82) is 0 Å². The van der Waals surface area contributed by atoms with Gasteiger partial charge in [0.2, 0.25) is 0 Å². The highest BCUT2D eigenvalue weighted by atomic mass is 28.4. The van der Waals surface area contributed by atoms with Crippen molar-refractivity contribution in [2.45, 2.75) is 71.8 Å². The number of rotatable bonds is 16. The Morgan fingerprint density at radius 1 is 0.818 bits per heavy atom. The van der Waals surface area contributed by atoms with Crippen molar-refractivity contribution in [2.24, 2.45) is 5.11 Å². The van der Waals surface area contributed by atoms with E-state index in [1.54, 1.807) is 0 Å². The molecule has 0 radical (unpaired) electrons. The van der Waals surface area contributed by atoms with Crippen LogP contribution in [-0.2, 0) is 13.3 Å². The minimum atomic E-state index is -2.64. The quantitative estimate of drug-likeness (QED) is 0.130. The second kappa shape index (κ2) is 15.3. The molecule has 0 N–H and O–H groups in total. The number of azide groups is 1. The van der Waals surface area contributed by atoms with Crippen molar-refractivity contribution >= 4 is 8.80 Å². The number of hydrogen-bond donors (Lipinski definition) is 0. The summed E-state index contributed by atoms with van der Waals surface area (Å²) in [4.78, 5) is 2.80. The zero-order valence-corrected chi connectivity index (χ0v) is 15.6. The SMILES string of the molecule is CCCCO[Si](CCCN=[N+]=[N-])(OCCCC)OCCCC. The van der Waals surface area contributed by atoms with E-state index in [1.165, 1.54) is 0 Å². The second-order valence-corrected chi connectivity index (χ2v) is 8.08. The maximum atomic E-state index is 8.39. The van der Waals surface area contributed by atoms with Gasteiger partial charge in [-0.05, 0) is 31.2 Å². The lowest BCUT2D eigenvalue weighted by molar-refractivity contribution is 0.0560. The second-order valence-electron chi connectivity index (χ2n) is 5.35. The third kappa shape index (κ3) is 11.0. The standard InChI is InChI=1S/C15H33N3O3Si/c1-4-7-12-19-22(20-13-8-5-2,21-14-9-6-3)15-10-11-17-18-16/h4-15H2,1-3H3. The summed E-state index contributed by atoms with van der Waals surface area (Å²) in [7, 11) is -2.64. The minimum absolute atomic E-state index is 0.469. The largest absolute Gasteiger partial charge is 0.500 e. The van der Waals surface area contributed by atoms with E-state index in [1.807, 2.05) is 0 Å². The summed E-state index contributed by atoms with van der Waals surface area (Å²) in [5.74, 6) is 0. The van der Waals surface area contributed by atoms with Crippen LogP contribution in [0.1, 0.15) is 65.7 Å².